The van der Waals surface area contributed by atoms with Crippen LogP contribution >= 0.6 is 0 Å². The number of anilines is 1. The van der Waals surface area contributed by atoms with Crippen molar-refractivity contribution in [2.45, 2.75) is 78.6 Å². The topological polar surface area (TPSA) is 87.3 Å². The first-order chi connectivity index (χ1) is 13.8. The summed E-state index contributed by atoms with van der Waals surface area (Å²) in [6.07, 6.45) is 4.74. The van der Waals surface area contributed by atoms with Gasteiger partial charge in [0.2, 0.25) is 11.8 Å². The fourth-order valence-electron chi connectivity index (χ4n) is 3.40. The number of unbranched alkanes of at least 4 members (excludes halogenated alkanes) is 3. The first-order valence-corrected chi connectivity index (χ1v) is 10.8. The van der Waals surface area contributed by atoms with E-state index in [9.17, 15) is 14.4 Å². The summed E-state index contributed by atoms with van der Waals surface area (Å²) >= 11 is 0. The van der Waals surface area contributed by atoms with Crippen LogP contribution in [0.3, 0.4) is 0 Å². The van der Waals surface area contributed by atoms with Crippen LogP contribution in [0.2, 0.25) is 0 Å². The van der Waals surface area contributed by atoms with E-state index in [0.717, 1.165) is 36.9 Å². The van der Waals surface area contributed by atoms with E-state index in [4.69, 9.17) is 0 Å². The number of nitrogens with one attached hydrogen (secondary N) is 3. The van der Waals surface area contributed by atoms with Crippen LogP contribution in [0.15, 0.2) is 18.2 Å². The molecule has 3 amide bonds. The Morgan fingerprint density at radius 1 is 1.07 bits per heavy atom. The summed E-state index contributed by atoms with van der Waals surface area (Å²) in [7, 11) is 0. The molecular formula is C23H37N3O3. The highest BCUT2D eigenvalue weighted by Crippen LogP contribution is 2.37. The van der Waals surface area contributed by atoms with Crippen molar-refractivity contribution in [3.05, 3.63) is 29.3 Å². The molecule has 1 heterocycles. The smallest absolute Gasteiger partial charge is 0.251 e. The van der Waals surface area contributed by atoms with Crippen molar-refractivity contribution in [2.75, 3.05) is 18.4 Å². The van der Waals surface area contributed by atoms with Crippen LogP contribution in [0.4, 0.5) is 5.69 Å². The lowest BCUT2D eigenvalue weighted by Gasteiger charge is -2.32. The summed E-state index contributed by atoms with van der Waals surface area (Å²) in [4.78, 5) is 35.5. The average molecular weight is 404 g/mol. The normalized spacial score (nSPS) is 14.0. The highest BCUT2D eigenvalue weighted by molar-refractivity contribution is 5.98. The summed E-state index contributed by atoms with van der Waals surface area (Å²) in [6.45, 7) is 11.3. The lowest BCUT2D eigenvalue weighted by atomic mass is 9.77. The van der Waals surface area contributed by atoms with Gasteiger partial charge < -0.3 is 16.0 Å². The molecule has 1 aromatic rings. The fraction of sp³-hybridized carbons (Fsp3) is 0.609. The van der Waals surface area contributed by atoms with Crippen LogP contribution in [-0.2, 0) is 15.0 Å². The SMILES string of the molecule is CC.CCNC(=O)CCCCCCNC(=O)c1ccc2c(c1)C(C)(C)CC(=O)N2. The number of benzene rings is 1. The van der Waals surface area contributed by atoms with Gasteiger partial charge in [-0.05, 0) is 43.5 Å². The number of amides is 3. The van der Waals surface area contributed by atoms with Crippen LogP contribution in [0, 0.1) is 0 Å². The Morgan fingerprint density at radius 2 is 1.76 bits per heavy atom. The van der Waals surface area contributed by atoms with Gasteiger partial charge in [0.15, 0.2) is 0 Å². The number of hydrogen-bond donors (Lipinski definition) is 3. The molecule has 1 aliphatic rings. The highest BCUT2D eigenvalue weighted by atomic mass is 16.2. The number of hydrogen-bond acceptors (Lipinski definition) is 3. The molecule has 1 aromatic carbocycles. The molecule has 0 aromatic heterocycles. The lowest BCUT2D eigenvalue weighted by Crippen LogP contribution is -2.33. The summed E-state index contributed by atoms with van der Waals surface area (Å²) in [6, 6.07) is 5.45. The second-order valence-corrected chi connectivity index (χ2v) is 7.74. The van der Waals surface area contributed by atoms with Gasteiger partial charge in [0.1, 0.15) is 0 Å². The molecule has 0 radical (unpaired) electrons. The van der Waals surface area contributed by atoms with E-state index in [1.807, 2.05) is 46.8 Å². The molecule has 29 heavy (non-hydrogen) atoms. The van der Waals surface area contributed by atoms with Crippen molar-refractivity contribution >= 4 is 23.4 Å². The summed E-state index contributed by atoms with van der Waals surface area (Å²) in [5, 5.41) is 8.62. The zero-order valence-electron chi connectivity index (χ0n) is 18.6. The number of carbonyl (C=O) groups is 3. The predicted molar refractivity (Wildman–Crippen MR) is 118 cm³/mol. The highest BCUT2D eigenvalue weighted by Gasteiger charge is 2.32. The third kappa shape index (κ3) is 7.87. The Labute approximate surface area is 175 Å². The van der Waals surface area contributed by atoms with Gasteiger partial charge in [0, 0.05) is 42.6 Å². The van der Waals surface area contributed by atoms with Crippen molar-refractivity contribution in [1.29, 1.82) is 0 Å². The Balaban J connectivity index is 0.00000204. The monoisotopic (exact) mass is 403 g/mol. The number of fused-ring (bicyclic) bond motifs is 1. The first-order valence-electron chi connectivity index (χ1n) is 10.8. The minimum atomic E-state index is -0.280. The van der Waals surface area contributed by atoms with Gasteiger partial charge in [0.25, 0.3) is 5.91 Å². The Morgan fingerprint density at radius 3 is 2.45 bits per heavy atom. The van der Waals surface area contributed by atoms with Gasteiger partial charge in [0.05, 0.1) is 0 Å². The second-order valence-electron chi connectivity index (χ2n) is 7.74. The maximum Gasteiger partial charge on any atom is 0.251 e. The molecule has 1 aliphatic heterocycles. The van der Waals surface area contributed by atoms with E-state index in [-0.39, 0.29) is 23.1 Å². The standard InChI is InChI=1S/C21H31N3O3.C2H6/c1-4-22-18(25)9-7-5-6-8-12-23-20(27)15-10-11-17-16(13-15)21(2,3)14-19(26)24-17;1-2/h10-11,13H,4-9,12,14H2,1-3H3,(H,22,25)(H,23,27)(H,24,26);1-2H3. The maximum absolute atomic E-state index is 12.4. The minimum Gasteiger partial charge on any atom is -0.356 e. The van der Waals surface area contributed by atoms with Crippen LogP contribution in [0.1, 0.15) is 89.1 Å². The van der Waals surface area contributed by atoms with Crippen LogP contribution in [0.5, 0.6) is 0 Å². The van der Waals surface area contributed by atoms with E-state index >= 15 is 0 Å². The molecule has 2 rings (SSSR count). The Kier molecular flexibility index (Phi) is 10.4. The van der Waals surface area contributed by atoms with Crippen LogP contribution in [-0.4, -0.2) is 30.8 Å². The molecular weight excluding hydrogens is 366 g/mol. The molecule has 0 spiro atoms. The molecule has 0 saturated carbocycles. The van der Waals surface area contributed by atoms with Crippen molar-refractivity contribution in [1.82, 2.24) is 10.6 Å². The Hall–Kier alpha value is -2.37. The van der Waals surface area contributed by atoms with Crippen molar-refractivity contribution < 1.29 is 14.4 Å². The molecule has 162 valence electrons. The first kappa shape index (κ1) is 24.7. The fourth-order valence-corrected chi connectivity index (χ4v) is 3.40. The van der Waals surface area contributed by atoms with Crippen LogP contribution in [0.25, 0.3) is 0 Å². The van der Waals surface area contributed by atoms with Crippen molar-refractivity contribution in [2.24, 2.45) is 0 Å². The quantitative estimate of drug-likeness (QED) is 0.541. The maximum atomic E-state index is 12.4. The van der Waals surface area contributed by atoms with Gasteiger partial charge in [-0.3, -0.25) is 14.4 Å². The number of rotatable bonds is 9. The third-order valence-corrected chi connectivity index (χ3v) is 4.88. The largest absolute Gasteiger partial charge is 0.356 e. The second kappa shape index (κ2) is 12.2. The molecule has 6 nitrogen and oxygen atoms in total. The van der Waals surface area contributed by atoms with Gasteiger partial charge in [-0.2, -0.15) is 0 Å². The molecule has 0 bridgehead atoms. The molecule has 0 saturated heterocycles. The summed E-state index contributed by atoms with van der Waals surface area (Å²) in [5.41, 5.74) is 2.13. The minimum absolute atomic E-state index is 0.0110. The van der Waals surface area contributed by atoms with E-state index in [1.165, 1.54) is 0 Å². The van der Waals surface area contributed by atoms with E-state index in [1.54, 1.807) is 6.07 Å². The molecule has 0 fully saturated rings. The van der Waals surface area contributed by atoms with Crippen molar-refractivity contribution in [3.63, 3.8) is 0 Å². The molecule has 6 heteroatoms. The van der Waals surface area contributed by atoms with E-state index in [0.29, 0.717) is 31.5 Å². The van der Waals surface area contributed by atoms with Gasteiger partial charge in [-0.1, -0.05) is 40.5 Å². The predicted octanol–water partition coefficient (Wildman–Crippen LogP) is 4.15. The third-order valence-electron chi connectivity index (χ3n) is 4.88. The molecule has 3 N–H and O–H groups in total. The van der Waals surface area contributed by atoms with Crippen LogP contribution < -0.4 is 16.0 Å². The zero-order valence-corrected chi connectivity index (χ0v) is 18.6. The molecule has 0 unspecified atom stereocenters. The molecule has 0 atom stereocenters. The molecule has 0 aliphatic carbocycles. The van der Waals surface area contributed by atoms with Gasteiger partial charge in [-0.25, -0.2) is 0 Å². The number of carbonyl (C=O) groups excluding carboxylic acids is 3. The van der Waals surface area contributed by atoms with Gasteiger partial charge in [-0.15, -0.1) is 0 Å². The Bertz CT molecular complexity index is 699. The summed E-state index contributed by atoms with van der Waals surface area (Å²) < 4.78 is 0. The average Bonchev–Trinajstić information content (AvgIpc) is 2.68. The lowest BCUT2D eigenvalue weighted by molar-refractivity contribution is -0.121. The van der Waals surface area contributed by atoms with E-state index in [2.05, 4.69) is 16.0 Å². The van der Waals surface area contributed by atoms with E-state index < -0.39 is 0 Å². The zero-order chi connectivity index (χ0) is 21.9. The van der Waals surface area contributed by atoms with Gasteiger partial charge >= 0.3 is 0 Å². The van der Waals surface area contributed by atoms with Crippen molar-refractivity contribution in [3.8, 4) is 0 Å². The summed E-state index contributed by atoms with van der Waals surface area (Å²) in [5.74, 6) is 0.0297.